The van der Waals surface area contributed by atoms with Crippen molar-refractivity contribution in [2.45, 2.75) is 38.8 Å². The summed E-state index contributed by atoms with van der Waals surface area (Å²) in [5, 5.41) is 20.3. The van der Waals surface area contributed by atoms with Crippen LogP contribution < -0.4 is 0 Å². The maximum atomic E-state index is 15.0. The first-order valence-electron chi connectivity index (χ1n) is 13.3. The van der Waals surface area contributed by atoms with Gasteiger partial charge in [0, 0.05) is 54.1 Å². The van der Waals surface area contributed by atoms with E-state index in [0.29, 0.717) is 28.8 Å². The number of hydrogen-bond donors (Lipinski definition) is 2. The van der Waals surface area contributed by atoms with E-state index in [2.05, 4.69) is 9.80 Å². The lowest BCUT2D eigenvalue weighted by molar-refractivity contribution is 0.00310. The van der Waals surface area contributed by atoms with E-state index in [1.54, 1.807) is 37.3 Å². The minimum Gasteiger partial charge on any atom is -0.508 e. The van der Waals surface area contributed by atoms with Crippen LogP contribution in [0.1, 0.15) is 51.6 Å². The van der Waals surface area contributed by atoms with E-state index < -0.39 is 23.6 Å². The minimum atomic E-state index is -0.697. The first-order chi connectivity index (χ1) is 18.5. The standard InChI is InChI=1S/C32H37FN2O4/c1-19-26(13-8-14-27(19)33)30-28(31(38)22-9-6-11-24(36)17-22)20(2)35(16-15-34(4)5)21(3)29(30)32(39)23-10-7-12-25(37)18-23/h6-14,17-18,20-21,28-30,36-37H,15-16H2,1-5H3/t20-,21+,28-,29+,30?. The van der Waals surface area contributed by atoms with Gasteiger partial charge in [-0.1, -0.05) is 36.4 Å². The molecule has 206 valence electrons. The maximum Gasteiger partial charge on any atom is 0.168 e. The number of hydrogen-bond acceptors (Lipinski definition) is 6. The van der Waals surface area contributed by atoms with E-state index in [4.69, 9.17) is 0 Å². The molecule has 0 amide bonds. The highest BCUT2D eigenvalue weighted by molar-refractivity contribution is 6.03. The number of piperidine rings is 1. The average Bonchev–Trinajstić information content (AvgIpc) is 2.89. The Kier molecular flexibility index (Phi) is 8.52. The highest BCUT2D eigenvalue weighted by Crippen LogP contribution is 2.47. The molecule has 0 spiro atoms. The first-order valence-corrected chi connectivity index (χ1v) is 13.3. The van der Waals surface area contributed by atoms with Crippen molar-refractivity contribution < 1.29 is 24.2 Å². The highest BCUT2D eigenvalue weighted by Gasteiger charge is 2.52. The molecule has 1 fully saturated rings. The van der Waals surface area contributed by atoms with E-state index in [1.807, 2.05) is 34.0 Å². The number of benzene rings is 3. The number of rotatable bonds is 8. The lowest BCUT2D eigenvalue weighted by Gasteiger charge is -2.52. The predicted molar refractivity (Wildman–Crippen MR) is 150 cm³/mol. The van der Waals surface area contributed by atoms with Gasteiger partial charge in [0.05, 0.1) is 0 Å². The molecule has 3 aromatic rings. The van der Waals surface area contributed by atoms with Gasteiger partial charge >= 0.3 is 0 Å². The number of likely N-dealkylation sites (N-methyl/N-ethyl adjacent to an activating group) is 1. The van der Waals surface area contributed by atoms with Crippen LogP contribution in [0.4, 0.5) is 4.39 Å². The van der Waals surface area contributed by atoms with Crippen molar-refractivity contribution in [3.05, 3.63) is 94.8 Å². The zero-order valence-electron chi connectivity index (χ0n) is 23.1. The Balaban J connectivity index is 1.94. The summed E-state index contributed by atoms with van der Waals surface area (Å²) in [7, 11) is 3.95. The van der Waals surface area contributed by atoms with Crippen LogP contribution in [-0.4, -0.2) is 70.8 Å². The SMILES string of the molecule is Cc1c(F)cccc1C1[C@@H](C(=O)c2cccc(O)c2)[C@H](C)N(CCN(C)C)[C@H](C)[C@H]1C(=O)c1cccc(O)c1. The fraction of sp³-hybridized carbons (Fsp3) is 0.375. The molecule has 3 aromatic carbocycles. The predicted octanol–water partition coefficient (Wildman–Crippen LogP) is 5.28. The molecule has 4 rings (SSSR count). The van der Waals surface area contributed by atoms with Crippen molar-refractivity contribution in [3.8, 4) is 11.5 Å². The normalized spacial score (nSPS) is 23.6. The Morgan fingerprint density at radius 1 is 0.846 bits per heavy atom. The monoisotopic (exact) mass is 532 g/mol. The van der Waals surface area contributed by atoms with E-state index in [0.717, 1.165) is 6.54 Å². The second-order valence-electron chi connectivity index (χ2n) is 10.9. The number of nitrogens with zero attached hydrogens (tertiary/aromatic N) is 2. The molecule has 0 aliphatic carbocycles. The molecule has 39 heavy (non-hydrogen) atoms. The molecular weight excluding hydrogens is 495 g/mol. The van der Waals surface area contributed by atoms with Gasteiger partial charge in [0.2, 0.25) is 0 Å². The molecule has 1 unspecified atom stereocenters. The van der Waals surface area contributed by atoms with E-state index >= 15 is 0 Å². The number of Topliss-reactive ketones (excluding diaryl/α,β-unsaturated/α-hetero) is 2. The van der Waals surface area contributed by atoms with Crippen LogP contribution in [-0.2, 0) is 0 Å². The van der Waals surface area contributed by atoms with E-state index in [-0.39, 0.29) is 35.1 Å². The number of carbonyl (C=O) groups excluding carboxylic acids is 2. The molecule has 0 radical (unpaired) electrons. The molecule has 0 saturated carbocycles. The number of halogens is 1. The summed E-state index contributed by atoms with van der Waals surface area (Å²) in [5.74, 6) is -2.87. The van der Waals surface area contributed by atoms with Gasteiger partial charge in [-0.15, -0.1) is 0 Å². The van der Waals surface area contributed by atoms with Gasteiger partial charge in [0.25, 0.3) is 0 Å². The number of ketones is 2. The molecule has 1 aliphatic rings. The van der Waals surface area contributed by atoms with E-state index in [1.165, 1.54) is 30.3 Å². The third-order valence-corrected chi connectivity index (χ3v) is 8.20. The van der Waals surface area contributed by atoms with Crippen LogP contribution in [0.15, 0.2) is 66.7 Å². The molecule has 7 heteroatoms. The first kappa shape index (κ1) is 28.5. The van der Waals surface area contributed by atoms with Gasteiger partial charge in [-0.3, -0.25) is 14.5 Å². The number of likely N-dealkylation sites (tertiary alicyclic amines) is 1. The Labute approximate surface area is 229 Å². The van der Waals surface area contributed by atoms with Gasteiger partial charge in [0.1, 0.15) is 17.3 Å². The molecule has 0 aromatic heterocycles. The average molecular weight is 533 g/mol. The molecule has 1 saturated heterocycles. The molecule has 6 nitrogen and oxygen atoms in total. The summed E-state index contributed by atoms with van der Waals surface area (Å²) in [5.41, 5.74) is 1.72. The zero-order valence-corrected chi connectivity index (χ0v) is 23.1. The molecule has 1 heterocycles. The van der Waals surface area contributed by atoms with Gasteiger partial charge < -0.3 is 15.1 Å². The second-order valence-corrected chi connectivity index (χ2v) is 10.9. The van der Waals surface area contributed by atoms with Crippen molar-refractivity contribution in [1.82, 2.24) is 9.80 Å². The molecule has 0 bridgehead atoms. The van der Waals surface area contributed by atoms with Crippen molar-refractivity contribution in [3.63, 3.8) is 0 Å². The van der Waals surface area contributed by atoms with Crippen LogP contribution in [0.5, 0.6) is 11.5 Å². The van der Waals surface area contributed by atoms with Crippen molar-refractivity contribution >= 4 is 11.6 Å². The number of aromatic hydroxyl groups is 2. The molecular formula is C32H37FN2O4. The smallest absolute Gasteiger partial charge is 0.168 e. The summed E-state index contributed by atoms with van der Waals surface area (Å²) in [6, 6.07) is 16.7. The third-order valence-electron chi connectivity index (χ3n) is 8.20. The summed E-state index contributed by atoms with van der Waals surface area (Å²) in [6.07, 6.45) is 0. The zero-order chi connectivity index (χ0) is 28.4. The summed E-state index contributed by atoms with van der Waals surface area (Å²) in [6.45, 7) is 7.02. The van der Waals surface area contributed by atoms with E-state index in [9.17, 15) is 24.2 Å². The fourth-order valence-electron chi connectivity index (χ4n) is 6.17. The summed E-state index contributed by atoms with van der Waals surface area (Å²) >= 11 is 0. The number of phenolic OH excluding ortho intramolecular Hbond substituents is 2. The Bertz CT molecular complexity index is 1290. The van der Waals surface area contributed by atoms with Gasteiger partial charge in [-0.05, 0) is 76.3 Å². The van der Waals surface area contributed by atoms with Crippen molar-refractivity contribution in [2.24, 2.45) is 11.8 Å². The maximum absolute atomic E-state index is 15.0. The lowest BCUT2D eigenvalue weighted by atomic mass is 9.62. The van der Waals surface area contributed by atoms with Gasteiger partial charge in [0.15, 0.2) is 11.6 Å². The second kappa shape index (κ2) is 11.7. The van der Waals surface area contributed by atoms with Crippen molar-refractivity contribution in [2.75, 3.05) is 27.2 Å². The largest absolute Gasteiger partial charge is 0.508 e. The Morgan fingerprint density at radius 2 is 1.33 bits per heavy atom. The van der Waals surface area contributed by atoms with Crippen LogP contribution in [0.25, 0.3) is 0 Å². The van der Waals surface area contributed by atoms with Crippen LogP contribution in [0, 0.1) is 24.6 Å². The van der Waals surface area contributed by atoms with Crippen LogP contribution in [0.3, 0.4) is 0 Å². The number of phenols is 2. The van der Waals surface area contributed by atoms with Gasteiger partial charge in [-0.2, -0.15) is 0 Å². The Morgan fingerprint density at radius 3 is 1.79 bits per heavy atom. The van der Waals surface area contributed by atoms with Crippen LogP contribution in [0.2, 0.25) is 0 Å². The fourth-order valence-corrected chi connectivity index (χ4v) is 6.17. The number of carbonyl (C=O) groups is 2. The quantitative estimate of drug-likeness (QED) is 0.384. The summed E-state index contributed by atoms with van der Waals surface area (Å²) < 4.78 is 15.0. The van der Waals surface area contributed by atoms with Crippen molar-refractivity contribution in [1.29, 1.82) is 0 Å². The van der Waals surface area contributed by atoms with Crippen LogP contribution >= 0.6 is 0 Å². The highest BCUT2D eigenvalue weighted by atomic mass is 19.1. The molecule has 1 aliphatic heterocycles. The molecule has 5 atom stereocenters. The lowest BCUT2D eigenvalue weighted by Crippen LogP contribution is -2.60. The summed E-state index contributed by atoms with van der Waals surface area (Å²) in [4.78, 5) is 32.8. The van der Waals surface area contributed by atoms with Gasteiger partial charge in [-0.25, -0.2) is 4.39 Å². The Hall–Kier alpha value is -3.55. The topological polar surface area (TPSA) is 81.1 Å². The molecule has 2 N–H and O–H groups in total. The minimum absolute atomic E-state index is 0.0204. The third kappa shape index (κ3) is 5.75.